The highest BCUT2D eigenvalue weighted by molar-refractivity contribution is 5.91. The second kappa shape index (κ2) is 7.65. The molecular formula is C20H23N5O2. The molecule has 0 aromatic carbocycles. The van der Waals surface area contributed by atoms with Crippen LogP contribution in [0.1, 0.15) is 29.0 Å². The quantitative estimate of drug-likeness (QED) is 0.752. The second-order valence-electron chi connectivity index (χ2n) is 6.96. The largest absolute Gasteiger partial charge is 0.459 e. The molecule has 0 aliphatic carbocycles. The summed E-state index contributed by atoms with van der Waals surface area (Å²) in [6.07, 6.45) is 7.47. The first kappa shape index (κ1) is 17.3. The number of rotatable bonds is 5. The van der Waals surface area contributed by atoms with Gasteiger partial charge in [-0.2, -0.15) is 5.10 Å². The van der Waals surface area contributed by atoms with Crippen molar-refractivity contribution in [3.8, 4) is 5.82 Å². The molecule has 3 aromatic heterocycles. The van der Waals surface area contributed by atoms with E-state index in [-0.39, 0.29) is 5.91 Å². The first-order valence-electron chi connectivity index (χ1n) is 9.24. The Morgan fingerprint density at radius 1 is 1.30 bits per heavy atom. The molecular weight excluding hydrogens is 342 g/mol. The van der Waals surface area contributed by atoms with Crippen LogP contribution in [0.5, 0.6) is 0 Å². The van der Waals surface area contributed by atoms with E-state index in [0.717, 1.165) is 43.1 Å². The molecule has 1 amide bonds. The maximum absolute atomic E-state index is 12.1. The van der Waals surface area contributed by atoms with E-state index in [0.29, 0.717) is 18.2 Å². The zero-order valence-corrected chi connectivity index (χ0v) is 15.3. The van der Waals surface area contributed by atoms with Crippen molar-refractivity contribution in [3.05, 3.63) is 60.3 Å². The van der Waals surface area contributed by atoms with E-state index in [9.17, 15) is 4.79 Å². The Morgan fingerprint density at radius 3 is 2.96 bits per heavy atom. The highest BCUT2D eigenvalue weighted by atomic mass is 16.3. The Balaban J connectivity index is 1.40. The Hall–Kier alpha value is -3.09. The normalized spacial score (nSPS) is 17.1. The number of hydrogen-bond donors (Lipinski definition) is 1. The molecule has 0 saturated carbocycles. The number of carbonyl (C=O) groups is 1. The molecule has 1 unspecified atom stereocenters. The molecule has 4 rings (SSSR count). The topological polar surface area (TPSA) is 76.2 Å². The molecule has 0 radical (unpaired) electrons. The lowest BCUT2D eigenvalue weighted by molar-refractivity contribution is 0.0918. The SMILES string of the molecule is Cc1cnn(-c2cccc(N3CCCC(CNC(=O)c4ccco4)C3)n2)c1. The van der Waals surface area contributed by atoms with Crippen molar-refractivity contribution in [3.63, 3.8) is 0 Å². The highest BCUT2D eigenvalue weighted by Crippen LogP contribution is 2.22. The number of furan rings is 1. The summed E-state index contributed by atoms with van der Waals surface area (Å²) in [5.41, 5.74) is 1.10. The molecule has 7 nitrogen and oxygen atoms in total. The number of amides is 1. The number of carbonyl (C=O) groups excluding carboxylic acids is 1. The lowest BCUT2D eigenvalue weighted by Crippen LogP contribution is -2.41. The molecule has 1 atom stereocenters. The predicted molar refractivity (Wildman–Crippen MR) is 102 cm³/mol. The number of piperidine rings is 1. The van der Waals surface area contributed by atoms with Gasteiger partial charge in [-0.05, 0) is 55.5 Å². The first-order valence-corrected chi connectivity index (χ1v) is 9.24. The van der Waals surface area contributed by atoms with Crippen LogP contribution in [0, 0.1) is 12.8 Å². The van der Waals surface area contributed by atoms with E-state index in [1.165, 1.54) is 6.26 Å². The fourth-order valence-electron chi connectivity index (χ4n) is 3.43. The van der Waals surface area contributed by atoms with E-state index in [4.69, 9.17) is 9.40 Å². The van der Waals surface area contributed by atoms with Gasteiger partial charge < -0.3 is 14.6 Å². The van der Waals surface area contributed by atoms with Gasteiger partial charge in [0, 0.05) is 25.8 Å². The van der Waals surface area contributed by atoms with Crippen LogP contribution in [0.15, 0.2) is 53.4 Å². The zero-order chi connectivity index (χ0) is 18.6. The van der Waals surface area contributed by atoms with Crippen molar-refractivity contribution in [1.29, 1.82) is 0 Å². The van der Waals surface area contributed by atoms with Gasteiger partial charge in [0.1, 0.15) is 5.82 Å². The second-order valence-corrected chi connectivity index (χ2v) is 6.96. The lowest BCUT2D eigenvalue weighted by atomic mass is 9.98. The summed E-state index contributed by atoms with van der Waals surface area (Å²) in [6, 6.07) is 9.40. The molecule has 3 aromatic rings. The van der Waals surface area contributed by atoms with Crippen molar-refractivity contribution in [2.24, 2.45) is 5.92 Å². The summed E-state index contributed by atoms with van der Waals surface area (Å²) in [6.45, 7) is 4.48. The van der Waals surface area contributed by atoms with Gasteiger partial charge in [0.15, 0.2) is 11.6 Å². The number of aryl methyl sites for hydroxylation is 1. The van der Waals surface area contributed by atoms with Crippen molar-refractivity contribution >= 4 is 11.7 Å². The molecule has 1 N–H and O–H groups in total. The van der Waals surface area contributed by atoms with Gasteiger partial charge in [-0.25, -0.2) is 9.67 Å². The molecule has 0 spiro atoms. The Labute approximate surface area is 158 Å². The lowest BCUT2D eigenvalue weighted by Gasteiger charge is -2.33. The summed E-state index contributed by atoms with van der Waals surface area (Å²) in [5.74, 6) is 2.34. The molecule has 27 heavy (non-hydrogen) atoms. The fourth-order valence-corrected chi connectivity index (χ4v) is 3.43. The number of anilines is 1. The van der Waals surface area contributed by atoms with Gasteiger partial charge >= 0.3 is 0 Å². The van der Waals surface area contributed by atoms with Crippen LogP contribution in [-0.2, 0) is 0 Å². The summed E-state index contributed by atoms with van der Waals surface area (Å²) >= 11 is 0. The summed E-state index contributed by atoms with van der Waals surface area (Å²) in [7, 11) is 0. The van der Waals surface area contributed by atoms with Crippen LogP contribution in [0.25, 0.3) is 5.82 Å². The van der Waals surface area contributed by atoms with Gasteiger partial charge in [0.05, 0.1) is 12.5 Å². The van der Waals surface area contributed by atoms with Crippen LogP contribution in [0.4, 0.5) is 5.82 Å². The van der Waals surface area contributed by atoms with E-state index in [2.05, 4.69) is 15.3 Å². The third-order valence-corrected chi connectivity index (χ3v) is 4.81. The zero-order valence-electron chi connectivity index (χ0n) is 15.3. The van der Waals surface area contributed by atoms with Gasteiger partial charge in [-0.3, -0.25) is 4.79 Å². The smallest absolute Gasteiger partial charge is 0.286 e. The maximum Gasteiger partial charge on any atom is 0.286 e. The molecule has 1 aliphatic rings. The van der Waals surface area contributed by atoms with Crippen LogP contribution < -0.4 is 10.2 Å². The number of aromatic nitrogens is 3. The van der Waals surface area contributed by atoms with E-state index >= 15 is 0 Å². The molecule has 4 heterocycles. The monoisotopic (exact) mass is 365 g/mol. The summed E-state index contributed by atoms with van der Waals surface area (Å²) in [5, 5.41) is 7.31. The Bertz CT molecular complexity index is 903. The van der Waals surface area contributed by atoms with Crippen molar-refractivity contribution < 1.29 is 9.21 Å². The third-order valence-electron chi connectivity index (χ3n) is 4.81. The van der Waals surface area contributed by atoms with Crippen LogP contribution in [0.3, 0.4) is 0 Å². The van der Waals surface area contributed by atoms with Crippen LogP contribution in [0.2, 0.25) is 0 Å². The molecule has 1 aliphatic heterocycles. The third kappa shape index (κ3) is 4.02. The molecule has 1 fully saturated rings. The average Bonchev–Trinajstić information content (AvgIpc) is 3.38. The average molecular weight is 365 g/mol. The van der Waals surface area contributed by atoms with E-state index in [1.807, 2.05) is 37.5 Å². The number of pyridine rings is 1. The number of nitrogens with one attached hydrogen (secondary N) is 1. The minimum absolute atomic E-state index is 0.161. The first-order chi connectivity index (χ1) is 13.2. The summed E-state index contributed by atoms with van der Waals surface area (Å²) in [4.78, 5) is 19.1. The van der Waals surface area contributed by atoms with Crippen LogP contribution in [-0.4, -0.2) is 40.3 Å². The Kier molecular flexibility index (Phi) is 4.91. The van der Waals surface area contributed by atoms with Crippen molar-refractivity contribution in [2.75, 3.05) is 24.5 Å². The standard InChI is InChI=1S/C20H23N5O2/c1-15-11-22-25(13-15)19-8-2-7-18(23-19)24-9-3-5-16(14-24)12-21-20(26)17-6-4-10-27-17/h2,4,6-8,10-11,13,16H,3,5,9,12,14H2,1H3,(H,21,26). The van der Waals surface area contributed by atoms with Crippen molar-refractivity contribution in [1.82, 2.24) is 20.1 Å². The molecule has 1 saturated heterocycles. The molecule has 7 heteroatoms. The predicted octanol–water partition coefficient (Wildman–Crippen LogP) is 2.82. The van der Waals surface area contributed by atoms with Gasteiger partial charge in [0.25, 0.3) is 5.91 Å². The van der Waals surface area contributed by atoms with Crippen molar-refractivity contribution in [2.45, 2.75) is 19.8 Å². The number of nitrogens with zero attached hydrogens (tertiary/aromatic N) is 4. The highest BCUT2D eigenvalue weighted by Gasteiger charge is 2.22. The number of hydrogen-bond acceptors (Lipinski definition) is 5. The minimum atomic E-state index is -0.161. The van der Waals surface area contributed by atoms with E-state index < -0.39 is 0 Å². The van der Waals surface area contributed by atoms with Gasteiger partial charge in [-0.1, -0.05) is 6.07 Å². The van der Waals surface area contributed by atoms with E-state index in [1.54, 1.807) is 16.8 Å². The molecule has 0 bridgehead atoms. The minimum Gasteiger partial charge on any atom is -0.459 e. The maximum atomic E-state index is 12.1. The van der Waals surface area contributed by atoms with Crippen LogP contribution >= 0.6 is 0 Å². The van der Waals surface area contributed by atoms with Gasteiger partial charge in [-0.15, -0.1) is 0 Å². The van der Waals surface area contributed by atoms with Gasteiger partial charge in [0.2, 0.25) is 0 Å². The molecule has 140 valence electrons. The summed E-state index contributed by atoms with van der Waals surface area (Å²) < 4.78 is 6.94. The Morgan fingerprint density at radius 2 is 2.19 bits per heavy atom. The fraction of sp³-hybridized carbons (Fsp3) is 0.350.